The first-order chi connectivity index (χ1) is 48.2. The molecule has 5 unspecified atom stereocenters. The van der Waals surface area contributed by atoms with E-state index >= 15 is 0 Å². The Hall–Kier alpha value is -4.57. The molecule has 0 heterocycles. The van der Waals surface area contributed by atoms with Crippen LogP contribution in [0.25, 0.3) is 0 Å². The number of carbonyl (C=O) groups excluding carboxylic acids is 3. The SMILES string of the molecule is CC/C=C\C/C=C\C/C=C\C/C=C\C/C=C\CCCCCCCCCC(=O)OCC(O)COP(=O)(O)OCC(O)COP(=O)(O)OCC(COC(=O)CCCCCCCCC/C=C\C/C=C\C/C=C\C/C=C\CCCCC)OC(=O)CCCCCCCCC/C=C\C/C=C\C/C=C\CC. The molecule has 566 valence electrons. The van der Waals surface area contributed by atoms with Crippen LogP contribution in [-0.4, -0.2) is 95.9 Å². The zero-order valence-corrected chi connectivity index (χ0v) is 63.4. The molecule has 99 heavy (non-hydrogen) atoms. The minimum absolute atomic E-state index is 0.0863. The second-order valence-corrected chi connectivity index (χ2v) is 27.9. The predicted molar refractivity (Wildman–Crippen MR) is 408 cm³/mol. The molecule has 0 aromatic carbocycles. The van der Waals surface area contributed by atoms with E-state index in [4.69, 9.17) is 32.3 Å². The van der Waals surface area contributed by atoms with Crippen LogP contribution in [0, 0.1) is 0 Å². The summed E-state index contributed by atoms with van der Waals surface area (Å²) in [5.74, 6) is -1.61. The van der Waals surface area contributed by atoms with Gasteiger partial charge in [0.05, 0.1) is 26.4 Å². The number of aliphatic hydroxyl groups excluding tert-OH is 2. The third kappa shape index (κ3) is 74.4. The summed E-state index contributed by atoms with van der Waals surface area (Å²) in [5.41, 5.74) is 0. The van der Waals surface area contributed by atoms with Crippen molar-refractivity contribution in [1.82, 2.24) is 0 Å². The van der Waals surface area contributed by atoms with Crippen LogP contribution in [0.1, 0.15) is 290 Å². The Morgan fingerprint density at radius 2 is 0.535 bits per heavy atom. The summed E-state index contributed by atoms with van der Waals surface area (Å²) < 4.78 is 61.1. The summed E-state index contributed by atoms with van der Waals surface area (Å²) >= 11 is 0. The molecular weight excluding hydrogens is 1290 g/mol. The Morgan fingerprint density at radius 3 is 0.848 bits per heavy atom. The van der Waals surface area contributed by atoms with Gasteiger partial charge < -0.3 is 34.2 Å². The van der Waals surface area contributed by atoms with Crippen LogP contribution in [0.5, 0.6) is 0 Å². The first kappa shape index (κ1) is 94.4. The van der Waals surface area contributed by atoms with Crippen LogP contribution in [0.4, 0.5) is 0 Å². The number of phosphoric ester groups is 2. The van der Waals surface area contributed by atoms with E-state index in [-0.39, 0.29) is 19.3 Å². The quantitative estimate of drug-likeness (QED) is 0.0146. The van der Waals surface area contributed by atoms with E-state index in [9.17, 15) is 43.5 Å². The van der Waals surface area contributed by atoms with Gasteiger partial charge in [-0.25, -0.2) is 9.13 Å². The Bertz CT molecular complexity index is 2380. The van der Waals surface area contributed by atoms with E-state index in [1.165, 1.54) is 25.7 Å². The van der Waals surface area contributed by atoms with Crippen molar-refractivity contribution in [1.29, 1.82) is 0 Å². The summed E-state index contributed by atoms with van der Waals surface area (Å²) in [6.07, 6.45) is 88.8. The summed E-state index contributed by atoms with van der Waals surface area (Å²) in [4.78, 5) is 58.6. The van der Waals surface area contributed by atoms with Gasteiger partial charge in [0.1, 0.15) is 25.4 Å². The fraction of sp³-hybridized carbons (Fsp3) is 0.667. The molecule has 0 rings (SSSR count). The molecule has 0 aliphatic heterocycles. The van der Waals surface area contributed by atoms with Crippen molar-refractivity contribution in [2.75, 3.05) is 39.6 Å². The Kier molecular flexibility index (Phi) is 69.8. The normalized spacial score (nSPS) is 14.9. The van der Waals surface area contributed by atoms with E-state index in [1.807, 2.05) is 0 Å². The first-order valence-electron chi connectivity index (χ1n) is 38.1. The summed E-state index contributed by atoms with van der Waals surface area (Å²) in [6, 6.07) is 0. The van der Waals surface area contributed by atoms with E-state index in [1.54, 1.807) is 0 Å². The fourth-order valence-corrected chi connectivity index (χ4v) is 11.4. The van der Waals surface area contributed by atoms with Crippen LogP contribution in [0.2, 0.25) is 0 Å². The van der Waals surface area contributed by atoms with E-state index in [2.05, 4.69) is 167 Å². The molecule has 0 aliphatic carbocycles. The predicted octanol–water partition coefficient (Wildman–Crippen LogP) is 22.1. The molecule has 0 aromatic rings. The number of aliphatic hydroxyl groups is 2. The van der Waals surface area contributed by atoms with Crippen molar-refractivity contribution in [3.05, 3.63) is 146 Å². The minimum atomic E-state index is -4.94. The smallest absolute Gasteiger partial charge is 0.463 e. The standard InChI is InChI=1S/C81H136O16P2/c1-4-7-10-13-16-19-22-25-28-31-33-35-37-39-41-44-46-49-52-55-58-61-64-67-79(84)91-70-76(82)71-93-98(87,88)94-72-77(83)73-95-99(89,90)96-75-78(97-81(86)69-66-63-60-57-54-51-48-43-30-27-24-21-18-15-12-9-6-3)74-92-80(85)68-65-62-59-56-53-50-47-45-42-40-38-36-34-32-29-26-23-20-17-14-11-8-5-2/h7,9-10,12,16-21,25-30,33-36,39-42,76-78,82-83H,4-6,8,11,13-15,22-24,31-32,37-38,43-75H2,1-3H3,(H,87,88)(H,89,90)/b10-7-,12-9-,19-16-,20-17-,21-18-,28-25-,29-26-,30-27-,35-33-,36-34-,41-39-,42-40-. The lowest BCUT2D eigenvalue weighted by molar-refractivity contribution is -0.161. The van der Waals surface area contributed by atoms with Crippen molar-refractivity contribution in [3.8, 4) is 0 Å². The lowest BCUT2D eigenvalue weighted by Gasteiger charge is -2.21. The van der Waals surface area contributed by atoms with Gasteiger partial charge in [0.25, 0.3) is 0 Å². The molecule has 16 nitrogen and oxygen atoms in total. The summed E-state index contributed by atoms with van der Waals surface area (Å²) in [6.45, 7) is 2.39. The Morgan fingerprint density at radius 1 is 0.293 bits per heavy atom. The third-order valence-electron chi connectivity index (χ3n) is 15.5. The van der Waals surface area contributed by atoms with E-state index < -0.39 is 91.5 Å². The summed E-state index contributed by atoms with van der Waals surface area (Å²) in [7, 11) is -9.81. The number of carbonyl (C=O) groups is 3. The van der Waals surface area contributed by atoms with Crippen molar-refractivity contribution in [3.63, 3.8) is 0 Å². The van der Waals surface area contributed by atoms with Crippen molar-refractivity contribution in [2.45, 2.75) is 309 Å². The summed E-state index contributed by atoms with van der Waals surface area (Å²) in [5, 5.41) is 20.6. The van der Waals surface area contributed by atoms with Gasteiger partial charge in [-0.2, -0.15) is 0 Å². The highest BCUT2D eigenvalue weighted by atomic mass is 31.2. The molecule has 0 aliphatic rings. The maximum Gasteiger partial charge on any atom is 0.472 e. The maximum absolute atomic E-state index is 13.0. The lowest BCUT2D eigenvalue weighted by Crippen LogP contribution is -2.30. The maximum atomic E-state index is 13.0. The molecular formula is C81H136O16P2. The van der Waals surface area contributed by atoms with Crippen LogP contribution in [0.15, 0.2) is 146 Å². The number of rotatable bonds is 71. The zero-order chi connectivity index (χ0) is 72.3. The van der Waals surface area contributed by atoms with Crippen LogP contribution >= 0.6 is 15.6 Å². The van der Waals surface area contributed by atoms with Crippen molar-refractivity contribution in [2.24, 2.45) is 0 Å². The molecule has 0 radical (unpaired) electrons. The van der Waals surface area contributed by atoms with Crippen molar-refractivity contribution >= 4 is 33.6 Å². The molecule has 0 bridgehead atoms. The van der Waals surface area contributed by atoms with E-state index in [0.717, 1.165) is 205 Å². The monoisotopic (exact) mass is 1430 g/mol. The highest BCUT2D eigenvalue weighted by molar-refractivity contribution is 7.47. The fourth-order valence-electron chi connectivity index (χ4n) is 9.77. The number of phosphoric acid groups is 2. The van der Waals surface area contributed by atoms with E-state index in [0.29, 0.717) is 19.3 Å². The van der Waals surface area contributed by atoms with Gasteiger partial charge in [-0.15, -0.1) is 0 Å². The Balaban J connectivity index is 4.69. The highest BCUT2D eigenvalue weighted by Gasteiger charge is 2.29. The lowest BCUT2D eigenvalue weighted by atomic mass is 10.1. The van der Waals surface area contributed by atoms with Gasteiger partial charge in [-0.05, 0) is 141 Å². The number of allylic oxidation sites excluding steroid dienone is 24. The van der Waals surface area contributed by atoms with Gasteiger partial charge >= 0.3 is 33.6 Å². The minimum Gasteiger partial charge on any atom is -0.463 e. The number of esters is 3. The molecule has 5 atom stereocenters. The molecule has 18 heteroatoms. The molecule has 0 spiro atoms. The molecule has 0 saturated heterocycles. The second kappa shape index (κ2) is 73.2. The highest BCUT2D eigenvalue weighted by Crippen LogP contribution is 2.45. The molecule has 0 aromatic heterocycles. The van der Waals surface area contributed by atoms with Gasteiger partial charge in [0, 0.05) is 19.3 Å². The number of unbranched alkanes of at least 4 members (excludes halogenated alkanes) is 24. The largest absolute Gasteiger partial charge is 0.472 e. The van der Waals surface area contributed by atoms with Gasteiger partial charge in [0.15, 0.2) is 6.10 Å². The van der Waals surface area contributed by atoms with Gasteiger partial charge in [0.2, 0.25) is 0 Å². The van der Waals surface area contributed by atoms with Gasteiger partial charge in [-0.1, -0.05) is 276 Å². The number of hydrogen-bond acceptors (Lipinski definition) is 14. The van der Waals surface area contributed by atoms with Crippen LogP contribution < -0.4 is 0 Å². The van der Waals surface area contributed by atoms with Gasteiger partial charge in [-0.3, -0.25) is 32.5 Å². The zero-order valence-electron chi connectivity index (χ0n) is 61.6. The first-order valence-corrected chi connectivity index (χ1v) is 41.1. The average Bonchev–Trinajstić information content (AvgIpc) is 2.19. The topological polar surface area (TPSA) is 231 Å². The van der Waals surface area contributed by atoms with Crippen LogP contribution in [-0.2, 0) is 55.8 Å². The number of hydrogen-bond donors (Lipinski definition) is 4. The molecule has 0 saturated carbocycles. The third-order valence-corrected chi connectivity index (χ3v) is 17.4. The molecule has 4 N–H and O–H groups in total. The molecule has 0 fully saturated rings. The Labute approximate surface area is 600 Å². The van der Waals surface area contributed by atoms with Crippen molar-refractivity contribution < 1.29 is 75.8 Å². The molecule has 0 amide bonds. The van der Waals surface area contributed by atoms with Crippen LogP contribution in [0.3, 0.4) is 0 Å². The number of ether oxygens (including phenoxy) is 3. The average molecular weight is 1430 g/mol. The second-order valence-electron chi connectivity index (χ2n) is 25.0.